The number of rotatable bonds is 10. The predicted octanol–water partition coefficient (Wildman–Crippen LogP) is 4.20. The van der Waals surface area contributed by atoms with E-state index in [1.54, 1.807) is 21.2 Å². The molecule has 6 rings (SSSR count). The molecule has 3 heterocycles. The van der Waals surface area contributed by atoms with Crippen molar-refractivity contribution < 1.29 is 9.32 Å². The third kappa shape index (κ3) is 6.42. The van der Waals surface area contributed by atoms with Crippen LogP contribution in [0.5, 0.6) is 0 Å². The first-order chi connectivity index (χ1) is 20.0. The molecule has 0 unspecified atom stereocenters. The van der Waals surface area contributed by atoms with Crippen molar-refractivity contribution in [1.29, 1.82) is 0 Å². The monoisotopic (exact) mass is 588 g/mol. The number of amides is 1. The number of benzene rings is 2. The Bertz CT molecular complexity index is 1580. The van der Waals surface area contributed by atoms with Crippen LogP contribution in [0.3, 0.4) is 0 Å². The van der Waals surface area contributed by atoms with Crippen LogP contribution in [0.1, 0.15) is 54.2 Å². The molecule has 212 valence electrons. The summed E-state index contributed by atoms with van der Waals surface area (Å²) in [4.78, 5) is 38.8. The SMILES string of the molecule is O=C(CCNCc1nc(Cc2ccccc2)no1)N1CCc2nc(SC3CCC3)n(-c3ccccc3S)c(=O)c2C1. The van der Waals surface area contributed by atoms with Crippen LogP contribution in [0.2, 0.25) is 0 Å². The van der Waals surface area contributed by atoms with Gasteiger partial charge in [-0.25, -0.2) is 4.98 Å². The third-order valence-electron chi connectivity index (χ3n) is 7.51. The van der Waals surface area contributed by atoms with Crippen LogP contribution < -0.4 is 10.9 Å². The van der Waals surface area contributed by atoms with Crippen LogP contribution in [0.4, 0.5) is 0 Å². The van der Waals surface area contributed by atoms with Crippen LogP contribution in [0.25, 0.3) is 5.69 Å². The molecule has 11 heteroatoms. The Morgan fingerprint density at radius 3 is 2.68 bits per heavy atom. The van der Waals surface area contributed by atoms with Crippen LogP contribution in [-0.4, -0.2) is 48.8 Å². The van der Waals surface area contributed by atoms with E-state index in [2.05, 4.69) is 28.1 Å². The number of hydrogen-bond acceptors (Lipinski definition) is 9. The molecule has 1 saturated carbocycles. The summed E-state index contributed by atoms with van der Waals surface area (Å²) in [6.45, 7) is 1.66. The zero-order valence-corrected chi connectivity index (χ0v) is 24.4. The van der Waals surface area contributed by atoms with Gasteiger partial charge in [-0.15, -0.1) is 12.6 Å². The Morgan fingerprint density at radius 1 is 1.10 bits per heavy atom. The zero-order chi connectivity index (χ0) is 28.2. The molecule has 41 heavy (non-hydrogen) atoms. The van der Waals surface area contributed by atoms with Crippen molar-refractivity contribution in [3.05, 3.63) is 93.5 Å². The minimum Gasteiger partial charge on any atom is -0.338 e. The largest absolute Gasteiger partial charge is 0.338 e. The fourth-order valence-electron chi connectivity index (χ4n) is 5.01. The first kappa shape index (κ1) is 27.7. The molecule has 2 aromatic heterocycles. The van der Waals surface area contributed by atoms with E-state index >= 15 is 0 Å². The van der Waals surface area contributed by atoms with Crippen LogP contribution in [0, 0.1) is 0 Å². The molecule has 4 aromatic rings. The quantitative estimate of drug-likeness (QED) is 0.161. The van der Waals surface area contributed by atoms with Crippen molar-refractivity contribution in [2.45, 2.75) is 66.9 Å². The fraction of sp³-hybridized carbons (Fsp3) is 0.367. The van der Waals surface area contributed by atoms with Gasteiger partial charge >= 0.3 is 0 Å². The van der Waals surface area contributed by atoms with E-state index in [1.807, 2.05) is 54.6 Å². The smallest absolute Gasteiger partial charge is 0.264 e. The van der Waals surface area contributed by atoms with Crippen molar-refractivity contribution >= 4 is 30.3 Å². The van der Waals surface area contributed by atoms with Crippen molar-refractivity contribution in [2.24, 2.45) is 0 Å². The topological polar surface area (TPSA) is 106 Å². The number of carbonyl (C=O) groups excluding carboxylic acids is 1. The van der Waals surface area contributed by atoms with Gasteiger partial charge in [-0.3, -0.25) is 14.2 Å². The molecule has 1 amide bonds. The maximum Gasteiger partial charge on any atom is 0.264 e. The summed E-state index contributed by atoms with van der Waals surface area (Å²) in [5, 5.41) is 8.47. The van der Waals surface area contributed by atoms with Crippen molar-refractivity contribution in [2.75, 3.05) is 13.1 Å². The lowest BCUT2D eigenvalue weighted by Crippen LogP contribution is -2.42. The highest BCUT2D eigenvalue weighted by atomic mass is 32.2. The number of nitrogens with zero attached hydrogens (tertiary/aromatic N) is 5. The lowest BCUT2D eigenvalue weighted by molar-refractivity contribution is -0.132. The van der Waals surface area contributed by atoms with Crippen molar-refractivity contribution in [3.63, 3.8) is 0 Å². The Balaban J connectivity index is 1.08. The van der Waals surface area contributed by atoms with Gasteiger partial charge in [0.25, 0.3) is 5.56 Å². The fourth-order valence-corrected chi connectivity index (χ4v) is 6.59. The van der Waals surface area contributed by atoms with Gasteiger partial charge in [-0.05, 0) is 30.5 Å². The van der Waals surface area contributed by atoms with Gasteiger partial charge in [0.1, 0.15) is 0 Å². The normalized spacial score (nSPS) is 15.0. The molecule has 1 aliphatic heterocycles. The minimum absolute atomic E-state index is 0.00749. The van der Waals surface area contributed by atoms with Crippen LogP contribution in [-0.2, 0) is 30.7 Å². The number of thiol groups is 1. The molecule has 2 aromatic carbocycles. The van der Waals surface area contributed by atoms with E-state index in [1.165, 1.54) is 6.42 Å². The molecule has 2 aliphatic rings. The number of hydrogen-bond donors (Lipinski definition) is 2. The van der Waals surface area contributed by atoms with Gasteiger partial charge in [-0.2, -0.15) is 4.98 Å². The highest BCUT2D eigenvalue weighted by Gasteiger charge is 2.29. The Labute approximate surface area is 248 Å². The predicted molar refractivity (Wildman–Crippen MR) is 160 cm³/mol. The third-order valence-corrected chi connectivity index (χ3v) is 9.17. The second kappa shape index (κ2) is 12.6. The van der Waals surface area contributed by atoms with E-state index < -0.39 is 0 Å². The first-order valence-electron chi connectivity index (χ1n) is 14.0. The lowest BCUT2D eigenvalue weighted by Gasteiger charge is -2.30. The van der Waals surface area contributed by atoms with Crippen LogP contribution in [0.15, 0.2) is 74.0 Å². The highest BCUT2D eigenvalue weighted by Crippen LogP contribution is 2.37. The molecule has 9 nitrogen and oxygen atoms in total. The minimum atomic E-state index is -0.114. The lowest BCUT2D eigenvalue weighted by atomic mass is 10.0. The summed E-state index contributed by atoms with van der Waals surface area (Å²) in [5.74, 6) is 1.11. The van der Waals surface area contributed by atoms with Gasteiger partial charge in [0.2, 0.25) is 11.8 Å². The summed E-state index contributed by atoms with van der Waals surface area (Å²) in [6, 6.07) is 17.6. The van der Waals surface area contributed by atoms with E-state index in [0.29, 0.717) is 61.4 Å². The molecule has 1 aliphatic carbocycles. The van der Waals surface area contributed by atoms with E-state index in [9.17, 15) is 9.59 Å². The van der Waals surface area contributed by atoms with Gasteiger partial charge in [-0.1, -0.05) is 65.8 Å². The molecule has 0 spiro atoms. The van der Waals surface area contributed by atoms with Gasteiger partial charge in [0.05, 0.1) is 30.0 Å². The summed E-state index contributed by atoms with van der Waals surface area (Å²) in [6.07, 6.45) is 4.96. The van der Waals surface area contributed by atoms with Gasteiger partial charge < -0.3 is 14.7 Å². The Kier molecular flexibility index (Phi) is 8.54. The number of carbonyl (C=O) groups is 1. The number of thioether (sulfide) groups is 1. The standard InChI is InChI=1S/C30H32N6O3S2/c37-28(13-15-31-18-27-33-26(34-39-27)17-20-7-2-1-3-8-20)35-16-14-23-22(19-35)29(38)36(24-11-4-5-12-25(24)40)30(32-23)41-21-9-6-10-21/h1-5,7-8,11-12,21,31,40H,6,9-10,13-19H2. The van der Waals surface area contributed by atoms with E-state index in [0.717, 1.165) is 39.8 Å². The Morgan fingerprint density at radius 2 is 1.90 bits per heavy atom. The van der Waals surface area contributed by atoms with Crippen molar-refractivity contribution in [1.82, 2.24) is 29.9 Å². The maximum atomic E-state index is 13.9. The molecular weight excluding hydrogens is 557 g/mol. The van der Waals surface area contributed by atoms with Crippen LogP contribution >= 0.6 is 24.4 Å². The average Bonchev–Trinajstić information content (AvgIpc) is 3.41. The summed E-state index contributed by atoms with van der Waals surface area (Å²) in [7, 11) is 0. The number of para-hydroxylation sites is 1. The maximum absolute atomic E-state index is 13.9. The summed E-state index contributed by atoms with van der Waals surface area (Å²) < 4.78 is 7.03. The number of aromatic nitrogens is 4. The van der Waals surface area contributed by atoms with Crippen molar-refractivity contribution in [3.8, 4) is 5.69 Å². The molecule has 0 bridgehead atoms. The first-order valence-corrected chi connectivity index (χ1v) is 15.3. The second-order valence-corrected chi connectivity index (χ2v) is 12.1. The molecule has 0 radical (unpaired) electrons. The Hall–Kier alpha value is -3.41. The molecular formula is C30H32N6O3S2. The highest BCUT2D eigenvalue weighted by molar-refractivity contribution is 7.99. The number of nitrogens with one attached hydrogen (secondary N) is 1. The second-order valence-electron chi connectivity index (χ2n) is 10.4. The summed E-state index contributed by atoms with van der Waals surface area (Å²) >= 11 is 6.30. The molecule has 1 fully saturated rings. The number of fused-ring (bicyclic) bond motifs is 1. The molecule has 1 N–H and O–H groups in total. The zero-order valence-electron chi connectivity index (χ0n) is 22.7. The summed E-state index contributed by atoms with van der Waals surface area (Å²) in [5.41, 5.74) is 3.11. The molecule has 0 atom stereocenters. The van der Waals surface area contributed by atoms with E-state index in [-0.39, 0.29) is 18.0 Å². The molecule has 0 saturated heterocycles. The average molecular weight is 589 g/mol. The van der Waals surface area contributed by atoms with E-state index in [4.69, 9.17) is 9.51 Å². The van der Waals surface area contributed by atoms with Gasteiger partial charge in [0, 0.05) is 42.5 Å². The van der Waals surface area contributed by atoms with Gasteiger partial charge in [0.15, 0.2) is 11.0 Å².